The number of nitrogens with zero attached hydrogens (tertiary/aromatic N) is 3. The maximum Gasteiger partial charge on any atom is 0.240 e. The molecule has 110 valence electrons. The minimum Gasteiger partial charge on any atom is -0.353 e. The van der Waals surface area contributed by atoms with E-state index in [2.05, 4.69) is 27.3 Å². The summed E-state index contributed by atoms with van der Waals surface area (Å²) in [4.78, 5) is 18.9. The van der Waals surface area contributed by atoms with Gasteiger partial charge >= 0.3 is 0 Å². The van der Waals surface area contributed by atoms with Crippen molar-refractivity contribution in [3.05, 3.63) is 11.7 Å². The van der Waals surface area contributed by atoms with Crippen molar-refractivity contribution in [2.75, 3.05) is 13.1 Å². The van der Waals surface area contributed by atoms with Crippen LogP contribution in [0.1, 0.15) is 57.2 Å². The van der Waals surface area contributed by atoms with E-state index in [9.17, 15) is 4.79 Å². The van der Waals surface area contributed by atoms with Gasteiger partial charge in [-0.05, 0) is 26.2 Å². The van der Waals surface area contributed by atoms with Crippen molar-refractivity contribution in [2.24, 2.45) is 0 Å². The van der Waals surface area contributed by atoms with Crippen LogP contribution in [0.2, 0.25) is 0 Å². The fraction of sp³-hybridized carbons (Fsp3) is 0.786. The van der Waals surface area contributed by atoms with E-state index >= 15 is 0 Å². The number of carbonyl (C=O) groups is 1. The highest BCUT2D eigenvalue weighted by atomic mass is 16.5. The number of rotatable bonds is 5. The van der Waals surface area contributed by atoms with Gasteiger partial charge in [0.2, 0.25) is 11.8 Å². The summed E-state index contributed by atoms with van der Waals surface area (Å²) in [5.41, 5.74) is -0.465. The average Bonchev–Trinajstić information content (AvgIpc) is 3.17. The first-order chi connectivity index (χ1) is 9.63. The number of aromatic nitrogens is 2. The fourth-order valence-corrected chi connectivity index (χ4v) is 2.90. The molecular formula is C14H22N4O2. The lowest BCUT2D eigenvalue weighted by atomic mass is 9.90. The van der Waals surface area contributed by atoms with Crippen LogP contribution in [0.15, 0.2) is 4.52 Å². The molecule has 2 aliphatic rings. The Kier molecular flexibility index (Phi) is 3.50. The van der Waals surface area contributed by atoms with Gasteiger partial charge in [0.05, 0.1) is 12.1 Å². The van der Waals surface area contributed by atoms with Crippen LogP contribution in [0, 0.1) is 0 Å². The van der Waals surface area contributed by atoms with Crippen molar-refractivity contribution >= 4 is 5.91 Å². The Morgan fingerprint density at radius 1 is 1.50 bits per heavy atom. The molecule has 2 fully saturated rings. The molecule has 1 aliphatic heterocycles. The van der Waals surface area contributed by atoms with E-state index in [1.54, 1.807) is 0 Å². The minimum absolute atomic E-state index is 0.108. The monoisotopic (exact) mass is 278 g/mol. The van der Waals surface area contributed by atoms with Gasteiger partial charge in [0.15, 0.2) is 5.82 Å². The molecule has 6 heteroatoms. The lowest BCUT2D eigenvalue weighted by Crippen LogP contribution is -2.62. The Bertz CT molecular complexity index is 497. The zero-order valence-corrected chi connectivity index (χ0v) is 12.2. The van der Waals surface area contributed by atoms with E-state index in [1.165, 1.54) is 0 Å². The SMILES string of the molecule is CCCC1(C)C(=O)NCCN1Cc1noc(C2CC2)n1. The molecule has 3 rings (SSSR count). The Hall–Kier alpha value is -1.43. The maximum absolute atomic E-state index is 12.2. The van der Waals surface area contributed by atoms with E-state index in [4.69, 9.17) is 4.52 Å². The van der Waals surface area contributed by atoms with E-state index in [0.29, 0.717) is 24.8 Å². The summed E-state index contributed by atoms with van der Waals surface area (Å²) in [5, 5.41) is 7.02. The number of carbonyl (C=O) groups excluding carboxylic acids is 1. The lowest BCUT2D eigenvalue weighted by molar-refractivity contribution is -0.137. The van der Waals surface area contributed by atoms with Gasteiger partial charge in [-0.3, -0.25) is 9.69 Å². The van der Waals surface area contributed by atoms with Crippen molar-refractivity contribution in [2.45, 2.75) is 57.5 Å². The molecule has 0 spiro atoms. The zero-order valence-electron chi connectivity index (χ0n) is 12.2. The van der Waals surface area contributed by atoms with Gasteiger partial charge in [-0.2, -0.15) is 4.98 Å². The van der Waals surface area contributed by atoms with E-state index in [1.807, 2.05) is 6.92 Å². The van der Waals surface area contributed by atoms with Crippen molar-refractivity contribution in [3.8, 4) is 0 Å². The molecule has 6 nitrogen and oxygen atoms in total. The van der Waals surface area contributed by atoms with Gasteiger partial charge in [-0.1, -0.05) is 18.5 Å². The van der Waals surface area contributed by atoms with E-state index in [-0.39, 0.29) is 5.91 Å². The Labute approximate surface area is 118 Å². The molecule has 1 aliphatic carbocycles. The number of hydrogen-bond acceptors (Lipinski definition) is 5. The van der Waals surface area contributed by atoms with Crippen LogP contribution in [0.5, 0.6) is 0 Å². The summed E-state index contributed by atoms with van der Waals surface area (Å²) in [6.07, 6.45) is 4.12. The predicted molar refractivity (Wildman–Crippen MR) is 73.0 cm³/mol. The molecule has 1 saturated heterocycles. The molecule has 20 heavy (non-hydrogen) atoms. The molecule has 1 atom stereocenters. The third kappa shape index (κ3) is 2.44. The summed E-state index contributed by atoms with van der Waals surface area (Å²) in [6.45, 7) is 6.21. The average molecular weight is 278 g/mol. The summed E-state index contributed by atoms with van der Waals surface area (Å²) in [7, 11) is 0. The second-order valence-corrected chi connectivity index (χ2v) is 6.02. The molecule has 2 heterocycles. The second-order valence-electron chi connectivity index (χ2n) is 6.02. The van der Waals surface area contributed by atoms with Crippen LogP contribution >= 0.6 is 0 Å². The molecule has 1 amide bonds. The van der Waals surface area contributed by atoms with E-state index < -0.39 is 5.54 Å². The first-order valence-corrected chi connectivity index (χ1v) is 7.49. The first-order valence-electron chi connectivity index (χ1n) is 7.49. The van der Waals surface area contributed by atoms with Crippen LogP contribution < -0.4 is 5.32 Å². The molecule has 1 aromatic rings. The summed E-state index contributed by atoms with van der Waals surface area (Å²) >= 11 is 0. The predicted octanol–water partition coefficient (Wildman–Crippen LogP) is 1.44. The molecule has 0 bridgehead atoms. The first kappa shape index (κ1) is 13.5. The standard InChI is InChI=1S/C14H22N4O2/c1-3-6-14(2)13(19)15-7-8-18(14)9-11-16-12(20-17-11)10-4-5-10/h10H,3-9H2,1-2H3,(H,15,19). The fourth-order valence-electron chi connectivity index (χ4n) is 2.90. The zero-order chi connectivity index (χ0) is 14.2. The van der Waals surface area contributed by atoms with Crippen molar-refractivity contribution in [1.82, 2.24) is 20.4 Å². The van der Waals surface area contributed by atoms with Crippen molar-refractivity contribution in [1.29, 1.82) is 0 Å². The lowest BCUT2D eigenvalue weighted by Gasteiger charge is -2.43. The van der Waals surface area contributed by atoms with Gasteiger partial charge in [0, 0.05) is 19.0 Å². The highest BCUT2D eigenvalue weighted by Crippen LogP contribution is 2.39. The molecule has 1 saturated carbocycles. The Balaban J connectivity index is 1.74. The number of piperazine rings is 1. The highest BCUT2D eigenvalue weighted by Gasteiger charge is 2.41. The topological polar surface area (TPSA) is 71.3 Å². The molecule has 0 radical (unpaired) electrons. The smallest absolute Gasteiger partial charge is 0.240 e. The summed E-state index contributed by atoms with van der Waals surface area (Å²) in [6, 6.07) is 0. The molecule has 1 N–H and O–H groups in total. The third-order valence-electron chi connectivity index (χ3n) is 4.33. The van der Waals surface area contributed by atoms with Gasteiger partial charge in [0.1, 0.15) is 0 Å². The van der Waals surface area contributed by atoms with Crippen LogP contribution in [0.25, 0.3) is 0 Å². The van der Waals surface area contributed by atoms with Gasteiger partial charge < -0.3 is 9.84 Å². The van der Waals surface area contributed by atoms with Gasteiger partial charge in [-0.15, -0.1) is 0 Å². The highest BCUT2D eigenvalue weighted by molar-refractivity contribution is 5.86. The number of amides is 1. The second kappa shape index (κ2) is 5.16. The molecule has 1 aromatic heterocycles. The molecule has 1 unspecified atom stereocenters. The largest absolute Gasteiger partial charge is 0.353 e. The summed E-state index contributed by atoms with van der Waals surface area (Å²) < 4.78 is 5.30. The summed E-state index contributed by atoms with van der Waals surface area (Å²) in [5.74, 6) is 2.04. The van der Waals surface area contributed by atoms with Gasteiger partial charge in [0.25, 0.3) is 0 Å². The molecule has 0 aromatic carbocycles. The van der Waals surface area contributed by atoms with Crippen LogP contribution in [0.4, 0.5) is 0 Å². The number of nitrogens with one attached hydrogen (secondary N) is 1. The van der Waals surface area contributed by atoms with Crippen LogP contribution in [-0.4, -0.2) is 39.6 Å². The minimum atomic E-state index is -0.465. The Morgan fingerprint density at radius 2 is 2.30 bits per heavy atom. The van der Waals surface area contributed by atoms with Crippen molar-refractivity contribution in [3.63, 3.8) is 0 Å². The quantitative estimate of drug-likeness (QED) is 0.882. The van der Waals surface area contributed by atoms with Crippen LogP contribution in [0.3, 0.4) is 0 Å². The third-order valence-corrected chi connectivity index (χ3v) is 4.33. The van der Waals surface area contributed by atoms with E-state index in [0.717, 1.165) is 38.1 Å². The maximum atomic E-state index is 12.2. The van der Waals surface area contributed by atoms with Gasteiger partial charge in [-0.25, -0.2) is 0 Å². The normalized spacial score (nSPS) is 27.6. The number of hydrogen-bond donors (Lipinski definition) is 1. The Morgan fingerprint density at radius 3 is 3.00 bits per heavy atom. The van der Waals surface area contributed by atoms with Crippen molar-refractivity contribution < 1.29 is 9.32 Å². The molecular weight excluding hydrogens is 256 g/mol. The van der Waals surface area contributed by atoms with Crippen LogP contribution in [-0.2, 0) is 11.3 Å².